The van der Waals surface area contributed by atoms with Crippen LogP contribution in [0.1, 0.15) is 46.5 Å². The Hall–Kier alpha value is -1.72. The average molecular weight is 257 g/mol. The number of amides is 1. The van der Waals surface area contributed by atoms with Gasteiger partial charge in [-0.25, -0.2) is 4.79 Å². The molecule has 0 aromatic rings. The molecule has 0 aliphatic heterocycles. The largest absolute Gasteiger partial charge is 0.338 e. The average Bonchev–Trinajstić information content (AvgIpc) is 2.27. The number of carbonyl (C=O) groups excluding carboxylic acids is 4. The number of ketones is 2. The van der Waals surface area contributed by atoms with Crippen molar-refractivity contribution in [3.8, 4) is 0 Å². The van der Waals surface area contributed by atoms with E-state index >= 15 is 0 Å². The summed E-state index contributed by atoms with van der Waals surface area (Å²) in [6.07, 6.45) is 1.20. The molecule has 0 saturated carbocycles. The lowest BCUT2D eigenvalue weighted by Crippen LogP contribution is -2.35. The van der Waals surface area contributed by atoms with Crippen molar-refractivity contribution in [1.29, 1.82) is 0 Å². The summed E-state index contributed by atoms with van der Waals surface area (Å²) >= 11 is 0. The van der Waals surface area contributed by atoms with Crippen LogP contribution in [0.25, 0.3) is 0 Å². The molecule has 6 nitrogen and oxygen atoms in total. The van der Waals surface area contributed by atoms with Gasteiger partial charge in [0.1, 0.15) is 12.3 Å². The quantitative estimate of drug-likeness (QED) is 0.636. The Bertz CT molecular complexity index is 337. The Morgan fingerprint density at radius 1 is 1.06 bits per heavy atom. The summed E-state index contributed by atoms with van der Waals surface area (Å²) < 4.78 is 0. The van der Waals surface area contributed by atoms with Crippen LogP contribution in [0.3, 0.4) is 0 Å². The number of rotatable bonds is 7. The van der Waals surface area contributed by atoms with Gasteiger partial charge in [0.25, 0.3) is 5.91 Å². The third-order valence-corrected chi connectivity index (χ3v) is 2.16. The lowest BCUT2D eigenvalue weighted by Gasteiger charge is -2.17. The zero-order valence-corrected chi connectivity index (χ0v) is 11.0. The smallest absolute Gasteiger partial charge is 0.332 e. The van der Waals surface area contributed by atoms with Crippen molar-refractivity contribution in [2.24, 2.45) is 0 Å². The Kier molecular flexibility index (Phi) is 7.58. The van der Waals surface area contributed by atoms with E-state index in [1.165, 1.54) is 13.8 Å². The van der Waals surface area contributed by atoms with Gasteiger partial charge >= 0.3 is 5.97 Å². The molecule has 0 spiro atoms. The van der Waals surface area contributed by atoms with E-state index in [1.54, 1.807) is 6.92 Å². The summed E-state index contributed by atoms with van der Waals surface area (Å²) in [5.41, 5.74) is 0. The number of hydrogen-bond acceptors (Lipinski definition) is 5. The highest BCUT2D eigenvalue weighted by molar-refractivity contribution is 5.84. The molecule has 0 aromatic carbocycles. The SMILES string of the molecule is CCC(=O)CCCC(=O)ON(CC(C)=O)C(C)=O. The predicted molar refractivity (Wildman–Crippen MR) is 63.3 cm³/mol. The topological polar surface area (TPSA) is 80.8 Å². The van der Waals surface area contributed by atoms with Crippen LogP contribution in [-0.2, 0) is 24.0 Å². The summed E-state index contributed by atoms with van der Waals surface area (Å²) in [5, 5.41) is 0.728. The van der Waals surface area contributed by atoms with Crippen LogP contribution in [0, 0.1) is 0 Å². The Morgan fingerprint density at radius 3 is 2.11 bits per heavy atom. The summed E-state index contributed by atoms with van der Waals surface area (Å²) in [6, 6.07) is 0. The maximum Gasteiger partial charge on any atom is 0.332 e. The van der Waals surface area contributed by atoms with Crippen LogP contribution in [0.4, 0.5) is 0 Å². The number of hydroxylamine groups is 2. The lowest BCUT2D eigenvalue weighted by molar-refractivity contribution is -0.197. The molecule has 0 rings (SSSR count). The second-order valence-corrected chi connectivity index (χ2v) is 3.97. The minimum absolute atomic E-state index is 0.0490. The maximum atomic E-state index is 11.4. The van der Waals surface area contributed by atoms with Crippen molar-refractivity contribution >= 4 is 23.4 Å². The molecule has 0 atom stereocenters. The first kappa shape index (κ1) is 16.3. The molecule has 0 aliphatic rings. The summed E-state index contributed by atoms with van der Waals surface area (Å²) in [5.74, 6) is -1.33. The van der Waals surface area contributed by atoms with Gasteiger partial charge in [0.05, 0.1) is 0 Å². The third kappa shape index (κ3) is 7.54. The van der Waals surface area contributed by atoms with Crippen molar-refractivity contribution in [3.63, 3.8) is 0 Å². The summed E-state index contributed by atoms with van der Waals surface area (Å²) in [4.78, 5) is 49.1. The van der Waals surface area contributed by atoms with Crippen LogP contribution < -0.4 is 0 Å². The molecule has 18 heavy (non-hydrogen) atoms. The molecule has 0 N–H and O–H groups in total. The normalized spacial score (nSPS) is 9.72. The van der Waals surface area contributed by atoms with E-state index in [0.717, 1.165) is 5.06 Å². The van der Waals surface area contributed by atoms with Gasteiger partial charge in [-0.1, -0.05) is 6.92 Å². The van der Waals surface area contributed by atoms with E-state index in [1.807, 2.05) is 0 Å². The standard InChI is InChI=1S/C12H19NO5/c1-4-11(16)6-5-7-12(17)18-13(10(3)15)8-9(2)14/h4-8H2,1-3H3. The fourth-order valence-corrected chi connectivity index (χ4v) is 1.19. The number of hydrogen-bond donors (Lipinski definition) is 0. The lowest BCUT2D eigenvalue weighted by atomic mass is 10.1. The summed E-state index contributed by atoms with van der Waals surface area (Å²) in [7, 11) is 0. The molecule has 0 fully saturated rings. The van der Waals surface area contributed by atoms with Crippen LogP contribution in [0.2, 0.25) is 0 Å². The number of carbonyl (C=O) groups is 4. The first-order valence-electron chi connectivity index (χ1n) is 5.86. The first-order chi connectivity index (χ1) is 8.36. The predicted octanol–water partition coefficient (Wildman–Crippen LogP) is 1.03. The van der Waals surface area contributed by atoms with E-state index < -0.39 is 11.9 Å². The second kappa shape index (κ2) is 8.38. The molecule has 0 saturated heterocycles. The molecule has 0 bridgehead atoms. The number of nitrogens with zero attached hydrogens (tertiary/aromatic N) is 1. The molecule has 1 amide bonds. The first-order valence-corrected chi connectivity index (χ1v) is 5.86. The highest BCUT2D eigenvalue weighted by Gasteiger charge is 2.16. The second-order valence-electron chi connectivity index (χ2n) is 3.97. The minimum Gasteiger partial charge on any atom is -0.338 e. The fourth-order valence-electron chi connectivity index (χ4n) is 1.19. The van der Waals surface area contributed by atoms with Crippen LogP contribution in [0.15, 0.2) is 0 Å². The monoisotopic (exact) mass is 257 g/mol. The molecule has 0 aromatic heterocycles. The molecule has 0 unspecified atom stereocenters. The Balaban J connectivity index is 4.06. The molecule has 0 radical (unpaired) electrons. The minimum atomic E-state index is -0.615. The van der Waals surface area contributed by atoms with Gasteiger partial charge in [-0.3, -0.25) is 14.4 Å². The number of Topliss-reactive ketones (excluding diaryl/α,β-unsaturated/α-hetero) is 2. The van der Waals surface area contributed by atoms with Gasteiger partial charge in [-0.2, -0.15) is 5.06 Å². The van der Waals surface area contributed by atoms with Crippen LogP contribution in [0.5, 0.6) is 0 Å². The van der Waals surface area contributed by atoms with Crippen molar-refractivity contribution in [2.45, 2.75) is 46.5 Å². The van der Waals surface area contributed by atoms with Crippen molar-refractivity contribution in [2.75, 3.05) is 6.54 Å². The fraction of sp³-hybridized carbons (Fsp3) is 0.667. The molecule has 6 heteroatoms. The van der Waals surface area contributed by atoms with E-state index in [4.69, 9.17) is 4.84 Å². The van der Waals surface area contributed by atoms with Crippen molar-refractivity contribution in [1.82, 2.24) is 5.06 Å². The highest BCUT2D eigenvalue weighted by Crippen LogP contribution is 2.03. The molecule has 102 valence electrons. The van der Waals surface area contributed by atoms with Gasteiger partial charge < -0.3 is 4.84 Å². The van der Waals surface area contributed by atoms with E-state index in [-0.39, 0.29) is 24.5 Å². The third-order valence-electron chi connectivity index (χ3n) is 2.16. The molecule has 0 aliphatic carbocycles. The maximum absolute atomic E-state index is 11.4. The van der Waals surface area contributed by atoms with Crippen LogP contribution in [-0.4, -0.2) is 35.1 Å². The molecule has 0 heterocycles. The zero-order valence-electron chi connectivity index (χ0n) is 11.0. The van der Waals surface area contributed by atoms with Crippen molar-refractivity contribution in [3.05, 3.63) is 0 Å². The van der Waals surface area contributed by atoms with E-state index in [0.29, 0.717) is 19.3 Å². The van der Waals surface area contributed by atoms with Gasteiger partial charge in [0.15, 0.2) is 5.78 Å². The molecular formula is C12H19NO5. The zero-order chi connectivity index (χ0) is 14.1. The van der Waals surface area contributed by atoms with Crippen molar-refractivity contribution < 1.29 is 24.0 Å². The van der Waals surface area contributed by atoms with Gasteiger partial charge in [-0.05, 0) is 13.3 Å². The van der Waals surface area contributed by atoms with Gasteiger partial charge in [-0.15, -0.1) is 0 Å². The van der Waals surface area contributed by atoms with E-state index in [9.17, 15) is 19.2 Å². The highest BCUT2D eigenvalue weighted by atomic mass is 16.7. The van der Waals surface area contributed by atoms with Gasteiger partial charge in [0, 0.05) is 26.2 Å². The molecular weight excluding hydrogens is 238 g/mol. The Morgan fingerprint density at radius 2 is 1.67 bits per heavy atom. The van der Waals surface area contributed by atoms with Crippen LogP contribution >= 0.6 is 0 Å². The van der Waals surface area contributed by atoms with Gasteiger partial charge in [0.2, 0.25) is 0 Å². The van der Waals surface area contributed by atoms with E-state index in [2.05, 4.69) is 0 Å². The summed E-state index contributed by atoms with van der Waals surface area (Å²) in [6.45, 7) is 4.00. The Labute approximate surface area is 106 Å².